The maximum Gasteiger partial charge on any atom is 0.0231 e. The number of hydrogen-bond acceptors (Lipinski definition) is 2. The number of nitrogens with one attached hydrogen (secondary N) is 1. The molecular weight excluding hydrogens is 288 g/mol. The predicted molar refractivity (Wildman–Crippen MR) is 80.7 cm³/mol. The molecule has 0 saturated carbocycles. The molecule has 0 radical (unpaired) electrons. The first-order valence-electron chi connectivity index (χ1n) is 6.71. The van der Waals surface area contributed by atoms with E-state index >= 15 is 0 Å². The van der Waals surface area contributed by atoms with Crippen LogP contribution in [0, 0.1) is 5.41 Å². The Bertz CT molecular complexity index is 386. The summed E-state index contributed by atoms with van der Waals surface area (Å²) in [5.41, 5.74) is 1.80. The first kappa shape index (κ1) is 14.0. The molecule has 1 atom stereocenters. The van der Waals surface area contributed by atoms with Gasteiger partial charge in [-0.15, -0.1) is 0 Å². The monoisotopic (exact) mass is 310 g/mol. The molecule has 0 bridgehead atoms. The van der Waals surface area contributed by atoms with Gasteiger partial charge in [-0.05, 0) is 49.5 Å². The van der Waals surface area contributed by atoms with Crippen LogP contribution in [0.15, 0.2) is 28.7 Å². The predicted octanol–water partition coefficient (Wildman–Crippen LogP) is 3.27. The zero-order valence-electron chi connectivity index (χ0n) is 11.4. The quantitative estimate of drug-likeness (QED) is 0.918. The fraction of sp³-hybridized carbons (Fsp3) is 0.600. The minimum absolute atomic E-state index is 0.430. The molecule has 1 aliphatic heterocycles. The van der Waals surface area contributed by atoms with Gasteiger partial charge in [-0.1, -0.05) is 35.0 Å². The number of rotatable bonds is 4. The van der Waals surface area contributed by atoms with Gasteiger partial charge in [0.2, 0.25) is 0 Å². The molecule has 1 N–H and O–H groups in total. The maximum atomic E-state index is 3.53. The minimum Gasteiger partial charge on any atom is -0.316 e. The van der Waals surface area contributed by atoms with Crippen molar-refractivity contribution in [3.8, 4) is 0 Å². The Labute approximate surface area is 119 Å². The van der Waals surface area contributed by atoms with Crippen LogP contribution in [0.1, 0.15) is 25.3 Å². The van der Waals surface area contributed by atoms with Crippen LogP contribution in [-0.4, -0.2) is 31.6 Å². The highest BCUT2D eigenvalue weighted by Crippen LogP contribution is 2.26. The number of benzene rings is 1. The third-order valence-electron chi connectivity index (χ3n) is 3.68. The van der Waals surface area contributed by atoms with Crippen LogP contribution in [-0.2, 0) is 6.54 Å². The molecular formula is C15H23BrN2. The van der Waals surface area contributed by atoms with E-state index in [1.165, 1.54) is 29.4 Å². The van der Waals surface area contributed by atoms with E-state index in [1.54, 1.807) is 0 Å². The fourth-order valence-corrected chi connectivity index (χ4v) is 3.35. The van der Waals surface area contributed by atoms with Crippen molar-refractivity contribution in [1.82, 2.24) is 10.2 Å². The molecule has 0 spiro atoms. The van der Waals surface area contributed by atoms with Gasteiger partial charge in [0.1, 0.15) is 0 Å². The molecule has 2 nitrogen and oxygen atoms in total. The summed E-state index contributed by atoms with van der Waals surface area (Å²) in [5.74, 6) is 0. The zero-order chi connectivity index (χ0) is 13.0. The third-order valence-corrected chi connectivity index (χ3v) is 4.17. The molecule has 1 fully saturated rings. The number of nitrogens with zero attached hydrogens (tertiary/aromatic N) is 1. The second kappa shape index (κ2) is 6.18. The maximum absolute atomic E-state index is 3.53. The van der Waals surface area contributed by atoms with E-state index in [-0.39, 0.29) is 0 Å². The Balaban J connectivity index is 1.90. The molecule has 1 heterocycles. The zero-order valence-corrected chi connectivity index (χ0v) is 13.0. The summed E-state index contributed by atoms with van der Waals surface area (Å²) in [5, 5.41) is 3.52. The van der Waals surface area contributed by atoms with E-state index < -0.39 is 0 Å². The first-order valence-corrected chi connectivity index (χ1v) is 7.50. The molecule has 3 heteroatoms. The van der Waals surface area contributed by atoms with Gasteiger partial charge in [0.05, 0.1) is 0 Å². The molecule has 1 saturated heterocycles. The van der Waals surface area contributed by atoms with Gasteiger partial charge in [0.15, 0.2) is 0 Å². The van der Waals surface area contributed by atoms with Crippen molar-refractivity contribution < 1.29 is 0 Å². The van der Waals surface area contributed by atoms with Crippen molar-refractivity contribution >= 4 is 15.9 Å². The molecule has 1 aliphatic rings. The van der Waals surface area contributed by atoms with E-state index in [9.17, 15) is 0 Å². The molecule has 1 aromatic carbocycles. The van der Waals surface area contributed by atoms with Gasteiger partial charge in [-0.3, -0.25) is 0 Å². The van der Waals surface area contributed by atoms with Crippen LogP contribution in [0.3, 0.4) is 0 Å². The van der Waals surface area contributed by atoms with Crippen molar-refractivity contribution in [2.75, 3.05) is 26.7 Å². The van der Waals surface area contributed by atoms with Crippen molar-refractivity contribution in [2.24, 2.45) is 5.41 Å². The Kier molecular flexibility index (Phi) is 4.82. The molecule has 0 aromatic heterocycles. The average molecular weight is 311 g/mol. The second-order valence-corrected chi connectivity index (χ2v) is 6.81. The summed E-state index contributed by atoms with van der Waals surface area (Å²) in [7, 11) is 2.22. The van der Waals surface area contributed by atoms with Crippen molar-refractivity contribution in [3.05, 3.63) is 34.3 Å². The molecule has 2 rings (SSSR count). The summed E-state index contributed by atoms with van der Waals surface area (Å²) in [6, 6.07) is 8.59. The Hall–Kier alpha value is -0.380. The highest BCUT2D eigenvalue weighted by atomic mass is 79.9. The normalized spacial score (nSPS) is 24.4. The van der Waals surface area contributed by atoms with Crippen LogP contribution < -0.4 is 5.32 Å². The highest BCUT2D eigenvalue weighted by Gasteiger charge is 2.27. The summed E-state index contributed by atoms with van der Waals surface area (Å²) in [4.78, 5) is 2.44. The highest BCUT2D eigenvalue weighted by molar-refractivity contribution is 9.10. The van der Waals surface area contributed by atoms with Crippen molar-refractivity contribution in [3.63, 3.8) is 0 Å². The van der Waals surface area contributed by atoms with Gasteiger partial charge in [0, 0.05) is 24.1 Å². The lowest BCUT2D eigenvalue weighted by molar-refractivity contribution is 0.148. The van der Waals surface area contributed by atoms with Gasteiger partial charge in [0.25, 0.3) is 0 Å². The van der Waals surface area contributed by atoms with Crippen LogP contribution in [0.2, 0.25) is 0 Å². The van der Waals surface area contributed by atoms with Gasteiger partial charge >= 0.3 is 0 Å². The van der Waals surface area contributed by atoms with E-state index in [2.05, 4.69) is 64.4 Å². The van der Waals surface area contributed by atoms with E-state index in [0.29, 0.717) is 5.41 Å². The second-order valence-electron chi connectivity index (χ2n) is 5.89. The third kappa shape index (κ3) is 4.08. The molecule has 0 amide bonds. The fourth-order valence-electron chi connectivity index (χ4n) is 2.91. The lowest BCUT2D eigenvalue weighted by Gasteiger charge is -2.37. The summed E-state index contributed by atoms with van der Waals surface area (Å²) >= 11 is 3.53. The molecule has 18 heavy (non-hydrogen) atoms. The first-order chi connectivity index (χ1) is 8.57. The SMILES string of the molecule is CN(Cc1cccc(Br)c1)CC1(C)CCCNC1. The lowest BCUT2D eigenvalue weighted by atomic mass is 9.82. The topological polar surface area (TPSA) is 15.3 Å². The van der Waals surface area contributed by atoms with Crippen LogP contribution in [0.25, 0.3) is 0 Å². The molecule has 1 aromatic rings. The number of hydrogen-bond donors (Lipinski definition) is 1. The van der Waals surface area contributed by atoms with Gasteiger partial charge < -0.3 is 10.2 Å². The minimum atomic E-state index is 0.430. The molecule has 100 valence electrons. The Morgan fingerprint density at radius 1 is 1.44 bits per heavy atom. The summed E-state index contributed by atoms with van der Waals surface area (Å²) in [6.45, 7) is 6.92. The van der Waals surface area contributed by atoms with Gasteiger partial charge in [-0.25, -0.2) is 0 Å². The number of piperidine rings is 1. The van der Waals surface area contributed by atoms with Crippen molar-refractivity contribution in [1.29, 1.82) is 0 Å². The number of halogens is 1. The summed E-state index contributed by atoms with van der Waals surface area (Å²) in [6.07, 6.45) is 2.64. The lowest BCUT2D eigenvalue weighted by Crippen LogP contribution is -2.44. The van der Waals surface area contributed by atoms with E-state index in [1.807, 2.05) is 0 Å². The van der Waals surface area contributed by atoms with Crippen molar-refractivity contribution in [2.45, 2.75) is 26.3 Å². The standard InChI is InChI=1S/C15H23BrN2/c1-15(7-4-8-17-11-15)12-18(2)10-13-5-3-6-14(16)9-13/h3,5-6,9,17H,4,7-8,10-12H2,1-2H3. The largest absolute Gasteiger partial charge is 0.316 e. The smallest absolute Gasteiger partial charge is 0.0231 e. The average Bonchev–Trinajstić information content (AvgIpc) is 2.28. The van der Waals surface area contributed by atoms with E-state index in [4.69, 9.17) is 0 Å². The van der Waals surface area contributed by atoms with Gasteiger partial charge in [-0.2, -0.15) is 0 Å². The Morgan fingerprint density at radius 2 is 2.28 bits per heavy atom. The van der Waals surface area contributed by atoms with Crippen LogP contribution in [0.5, 0.6) is 0 Å². The van der Waals surface area contributed by atoms with Crippen LogP contribution in [0.4, 0.5) is 0 Å². The molecule has 0 aliphatic carbocycles. The Morgan fingerprint density at radius 3 is 2.94 bits per heavy atom. The molecule has 1 unspecified atom stereocenters. The van der Waals surface area contributed by atoms with E-state index in [0.717, 1.165) is 19.6 Å². The summed E-state index contributed by atoms with van der Waals surface area (Å²) < 4.78 is 1.17. The van der Waals surface area contributed by atoms with Crippen LogP contribution >= 0.6 is 15.9 Å².